The Bertz CT molecular complexity index is 1100. The first-order valence-corrected chi connectivity index (χ1v) is 9.76. The second-order valence-corrected chi connectivity index (χ2v) is 7.53. The number of nitrogens with one attached hydrogen (secondary N) is 2. The van der Waals surface area contributed by atoms with Crippen molar-refractivity contribution in [2.75, 3.05) is 11.9 Å². The second kappa shape index (κ2) is 8.35. The molecule has 0 saturated carbocycles. The van der Waals surface area contributed by atoms with Crippen molar-refractivity contribution < 1.29 is 14.3 Å². The third kappa shape index (κ3) is 4.28. The molecule has 1 aromatic carbocycles. The number of carbonyl (C=O) groups excluding carboxylic acids is 2. The number of H-pyrrole nitrogens is 1. The van der Waals surface area contributed by atoms with E-state index in [0.717, 1.165) is 10.4 Å². The predicted molar refractivity (Wildman–Crippen MR) is 109 cm³/mol. The lowest BCUT2D eigenvalue weighted by Crippen LogP contribution is -2.16. The number of amides is 1. The first kappa shape index (κ1) is 19.8. The average molecular weight is 399 g/mol. The SMILES string of the molecule is CCOC(=O)c1cccc(NC(=O)CCc2nc3sc(C)c(C)c3c(=O)[nH]2)c1. The third-order valence-corrected chi connectivity index (χ3v) is 5.44. The second-order valence-electron chi connectivity index (χ2n) is 6.33. The van der Waals surface area contributed by atoms with E-state index >= 15 is 0 Å². The fourth-order valence-electron chi connectivity index (χ4n) is 2.81. The fraction of sp³-hybridized carbons (Fsp3) is 0.300. The van der Waals surface area contributed by atoms with Crippen molar-refractivity contribution in [1.29, 1.82) is 0 Å². The normalized spacial score (nSPS) is 10.8. The molecule has 0 radical (unpaired) electrons. The maximum atomic E-state index is 12.3. The summed E-state index contributed by atoms with van der Waals surface area (Å²) in [4.78, 5) is 45.3. The summed E-state index contributed by atoms with van der Waals surface area (Å²) in [5, 5.41) is 3.37. The maximum absolute atomic E-state index is 12.3. The molecule has 1 amide bonds. The largest absolute Gasteiger partial charge is 0.462 e. The number of ether oxygens (including phenoxy) is 1. The smallest absolute Gasteiger partial charge is 0.338 e. The van der Waals surface area contributed by atoms with Crippen molar-refractivity contribution in [3.05, 3.63) is 56.4 Å². The van der Waals surface area contributed by atoms with Crippen LogP contribution in [0.2, 0.25) is 0 Å². The summed E-state index contributed by atoms with van der Waals surface area (Å²) >= 11 is 1.48. The Hall–Kier alpha value is -3.00. The molecular formula is C20H21N3O4S. The highest BCUT2D eigenvalue weighted by molar-refractivity contribution is 7.18. The molecular weight excluding hydrogens is 378 g/mol. The van der Waals surface area contributed by atoms with Gasteiger partial charge in [0.25, 0.3) is 5.56 Å². The summed E-state index contributed by atoms with van der Waals surface area (Å²) in [6.07, 6.45) is 0.464. The van der Waals surface area contributed by atoms with Crippen LogP contribution in [-0.2, 0) is 16.0 Å². The molecule has 0 saturated heterocycles. The summed E-state index contributed by atoms with van der Waals surface area (Å²) < 4.78 is 4.96. The number of benzene rings is 1. The first-order valence-electron chi connectivity index (χ1n) is 8.95. The van der Waals surface area contributed by atoms with Crippen LogP contribution in [0.5, 0.6) is 0 Å². The number of rotatable bonds is 6. The Morgan fingerprint density at radius 3 is 2.82 bits per heavy atom. The Balaban J connectivity index is 1.66. The van der Waals surface area contributed by atoms with Gasteiger partial charge in [0.15, 0.2) is 0 Å². The van der Waals surface area contributed by atoms with Crippen LogP contribution in [0.1, 0.15) is 40.0 Å². The molecule has 28 heavy (non-hydrogen) atoms. The number of hydrogen-bond acceptors (Lipinski definition) is 6. The quantitative estimate of drug-likeness (QED) is 0.619. The van der Waals surface area contributed by atoms with Crippen LogP contribution in [0.3, 0.4) is 0 Å². The minimum Gasteiger partial charge on any atom is -0.462 e. The van der Waals surface area contributed by atoms with Gasteiger partial charge in [0.1, 0.15) is 10.7 Å². The zero-order chi connectivity index (χ0) is 20.3. The van der Waals surface area contributed by atoms with E-state index in [4.69, 9.17) is 4.74 Å². The number of hydrogen-bond donors (Lipinski definition) is 2. The molecule has 8 heteroatoms. The molecule has 0 fully saturated rings. The van der Waals surface area contributed by atoms with Gasteiger partial charge in [-0.05, 0) is 44.5 Å². The topological polar surface area (TPSA) is 101 Å². The zero-order valence-corrected chi connectivity index (χ0v) is 16.7. The van der Waals surface area contributed by atoms with E-state index in [1.165, 1.54) is 11.3 Å². The number of fused-ring (bicyclic) bond motifs is 1. The Morgan fingerprint density at radius 1 is 1.29 bits per heavy atom. The van der Waals surface area contributed by atoms with Crippen molar-refractivity contribution in [2.45, 2.75) is 33.6 Å². The summed E-state index contributed by atoms with van der Waals surface area (Å²) in [5.74, 6) is -0.188. The van der Waals surface area contributed by atoms with Crippen LogP contribution < -0.4 is 10.9 Å². The molecule has 3 rings (SSSR count). The maximum Gasteiger partial charge on any atom is 0.338 e. The van der Waals surface area contributed by atoms with Crippen molar-refractivity contribution in [1.82, 2.24) is 9.97 Å². The number of aromatic amines is 1. The zero-order valence-electron chi connectivity index (χ0n) is 15.9. The molecule has 0 spiro atoms. The molecule has 146 valence electrons. The van der Waals surface area contributed by atoms with Crippen LogP contribution in [0.25, 0.3) is 10.2 Å². The lowest BCUT2D eigenvalue weighted by Gasteiger charge is -2.07. The number of aromatic nitrogens is 2. The van der Waals surface area contributed by atoms with Gasteiger partial charge < -0.3 is 15.0 Å². The summed E-state index contributed by atoms with van der Waals surface area (Å²) in [5.41, 5.74) is 1.65. The van der Waals surface area contributed by atoms with Crippen molar-refractivity contribution >= 4 is 39.1 Å². The Kier molecular flexibility index (Phi) is 5.89. The Labute approximate surface area is 165 Å². The molecule has 0 aliphatic rings. The molecule has 0 bridgehead atoms. The number of thiophene rings is 1. The predicted octanol–water partition coefficient (Wildman–Crippen LogP) is 3.35. The highest BCUT2D eigenvalue weighted by Crippen LogP contribution is 2.25. The van der Waals surface area contributed by atoms with E-state index in [-0.39, 0.29) is 24.5 Å². The molecule has 0 aliphatic carbocycles. The molecule has 0 unspecified atom stereocenters. The van der Waals surface area contributed by atoms with E-state index in [1.54, 1.807) is 31.2 Å². The third-order valence-electron chi connectivity index (χ3n) is 4.33. The number of carbonyl (C=O) groups is 2. The van der Waals surface area contributed by atoms with Crippen LogP contribution >= 0.6 is 11.3 Å². The monoisotopic (exact) mass is 399 g/mol. The van der Waals surface area contributed by atoms with Crippen molar-refractivity contribution in [3.63, 3.8) is 0 Å². The highest BCUT2D eigenvalue weighted by Gasteiger charge is 2.13. The van der Waals surface area contributed by atoms with Gasteiger partial charge in [0.2, 0.25) is 5.91 Å². The Morgan fingerprint density at radius 2 is 2.07 bits per heavy atom. The van der Waals surface area contributed by atoms with E-state index in [0.29, 0.717) is 33.7 Å². The van der Waals surface area contributed by atoms with E-state index in [2.05, 4.69) is 15.3 Å². The summed E-state index contributed by atoms with van der Waals surface area (Å²) in [6.45, 7) is 5.88. The van der Waals surface area contributed by atoms with Crippen molar-refractivity contribution in [2.24, 2.45) is 0 Å². The van der Waals surface area contributed by atoms with Gasteiger partial charge in [-0.1, -0.05) is 6.07 Å². The first-order chi connectivity index (χ1) is 13.4. The van der Waals surface area contributed by atoms with Crippen LogP contribution in [0.4, 0.5) is 5.69 Å². The van der Waals surface area contributed by atoms with Crippen LogP contribution in [0.15, 0.2) is 29.1 Å². The molecule has 3 aromatic rings. The molecule has 2 N–H and O–H groups in total. The lowest BCUT2D eigenvalue weighted by atomic mass is 10.2. The van der Waals surface area contributed by atoms with Crippen LogP contribution in [0, 0.1) is 13.8 Å². The lowest BCUT2D eigenvalue weighted by molar-refractivity contribution is -0.116. The standard InChI is InChI=1S/C20H21N3O4S/c1-4-27-20(26)13-6-5-7-14(10-13)21-16(24)9-8-15-22-18(25)17-11(2)12(3)28-19(17)23-15/h5-7,10H,4,8-9H2,1-3H3,(H,21,24)(H,22,23,25). The average Bonchev–Trinajstić information content (AvgIpc) is 2.95. The minimum absolute atomic E-state index is 0.154. The van der Waals surface area contributed by atoms with Gasteiger partial charge in [0.05, 0.1) is 17.6 Å². The molecule has 7 nitrogen and oxygen atoms in total. The van der Waals surface area contributed by atoms with E-state index < -0.39 is 5.97 Å². The molecule has 2 heterocycles. The van der Waals surface area contributed by atoms with Gasteiger partial charge in [-0.3, -0.25) is 9.59 Å². The van der Waals surface area contributed by atoms with Gasteiger partial charge in [-0.15, -0.1) is 11.3 Å². The fourth-order valence-corrected chi connectivity index (χ4v) is 3.86. The summed E-state index contributed by atoms with van der Waals surface area (Å²) in [6, 6.07) is 6.57. The minimum atomic E-state index is -0.435. The number of nitrogens with zero attached hydrogens (tertiary/aromatic N) is 1. The van der Waals surface area contributed by atoms with Gasteiger partial charge in [-0.2, -0.15) is 0 Å². The number of esters is 1. The van der Waals surface area contributed by atoms with Crippen LogP contribution in [-0.4, -0.2) is 28.5 Å². The van der Waals surface area contributed by atoms with E-state index in [1.807, 2.05) is 13.8 Å². The molecule has 0 atom stereocenters. The molecule has 2 aromatic heterocycles. The number of anilines is 1. The summed E-state index contributed by atoms with van der Waals surface area (Å²) in [7, 11) is 0. The number of aryl methyl sites for hydroxylation is 3. The van der Waals surface area contributed by atoms with E-state index in [9.17, 15) is 14.4 Å². The molecule has 0 aliphatic heterocycles. The van der Waals surface area contributed by atoms with Crippen molar-refractivity contribution in [3.8, 4) is 0 Å². The van der Waals surface area contributed by atoms with Gasteiger partial charge in [-0.25, -0.2) is 9.78 Å². The van der Waals surface area contributed by atoms with Gasteiger partial charge >= 0.3 is 5.97 Å². The van der Waals surface area contributed by atoms with Gasteiger partial charge in [0, 0.05) is 23.4 Å². The highest BCUT2D eigenvalue weighted by atomic mass is 32.1.